The van der Waals surface area contributed by atoms with Crippen molar-refractivity contribution in [3.8, 4) is 0 Å². The second-order valence-corrected chi connectivity index (χ2v) is 6.34. The van der Waals surface area contributed by atoms with Crippen LogP contribution in [0.15, 0.2) is 6.20 Å². The summed E-state index contributed by atoms with van der Waals surface area (Å²) in [6.45, 7) is 8.11. The fraction of sp³-hybridized carbons (Fsp3) is 0.700. The Morgan fingerprint density at radius 2 is 2.07 bits per heavy atom. The molecule has 1 rings (SSSR count). The fourth-order valence-corrected chi connectivity index (χ4v) is 1.78. The summed E-state index contributed by atoms with van der Waals surface area (Å²) in [5, 5.41) is 14.1. The van der Waals surface area contributed by atoms with Crippen LogP contribution in [0, 0.1) is 0 Å². The molecule has 0 aliphatic rings. The van der Waals surface area contributed by atoms with Crippen LogP contribution in [0.3, 0.4) is 0 Å². The third-order valence-electron chi connectivity index (χ3n) is 2.74. The molecule has 5 heteroatoms. The van der Waals surface area contributed by atoms with Crippen LogP contribution in [-0.4, -0.2) is 21.2 Å². The van der Waals surface area contributed by atoms with Crippen molar-refractivity contribution in [1.82, 2.24) is 10.3 Å². The van der Waals surface area contributed by atoms with Crippen LogP contribution in [0.4, 0.5) is 0 Å². The summed E-state index contributed by atoms with van der Waals surface area (Å²) < 4.78 is 0.688. The number of hydrogen-bond donors (Lipinski definition) is 2. The third-order valence-corrected chi connectivity index (χ3v) is 3.85. The zero-order chi connectivity index (χ0) is 11.7. The zero-order valence-corrected chi connectivity index (χ0v) is 11.0. The average Bonchev–Trinajstić information content (AvgIpc) is 2.46. The van der Waals surface area contributed by atoms with Crippen LogP contribution in [0.25, 0.3) is 0 Å². The first-order chi connectivity index (χ1) is 6.72. The second-order valence-electron chi connectivity index (χ2n) is 4.60. The highest BCUT2D eigenvalue weighted by Crippen LogP contribution is 2.23. The molecule has 15 heavy (non-hydrogen) atoms. The average molecular weight is 249 g/mol. The van der Waals surface area contributed by atoms with E-state index < -0.39 is 5.60 Å². The maximum atomic E-state index is 9.92. The van der Waals surface area contributed by atoms with E-state index in [-0.39, 0.29) is 5.54 Å². The van der Waals surface area contributed by atoms with Gasteiger partial charge in [0.2, 0.25) is 0 Å². The van der Waals surface area contributed by atoms with Crippen molar-refractivity contribution in [2.45, 2.75) is 45.4 Å². The lowest BCUT2D eigenvalue weighted by Crippen LogP contribution is -2.55. The Balaban J connectivity index is 2.57. The molecule has 0 aromatic carbocycles. The first-order valence-electron chi connectivity index (χ1n) is 4.80. The van der Waals surface area contributed by atoms with Gasteiger partial charge in [-0.1, -0.05) is 11.6 Å². The topological polar surface area (TPSA) is 45.1 Å². The van der Waals surface area contributed by atoms with E-state index >= 15 is 0 Å². The Labute approximate surface area is 99.5 Å². The van der Waals surface area contributed by atoms with Gasteiger partial charge in [-0.25, -0.2) is 4.98 Å². The first kappa shape index (κ1) is 12.9. The van der Waals surface area contributed by atoms with Gasteiger partial charge in [-0.05, 0) is 27.7 Å². The molecule has 0 atom stereocenters. The lowest BCUT2D eigenvalue weighted by atomic mass is 9.86. The summed E-state index contributed by atoms with van der Waals surface area (Å²) in [5.74, 6) is 0. The molecule has 0 saturated heterocycles. The normalized spacial score (nSPS) is 13.2. The van der Waals surface area contributed by atoms with E-state index in [4.69, 9.17) is 11.6 Å². The molecule has 1 heterocycles. The number of nitrogens with zero attached hydrogens (tertiary/aromatic N) is 1. The molecule has 0 spiro atoms. The van der Waals surface area contributed by atoms with E-state index in [1.54, 1.807) is 20.0 Å². The molecule has 1 aromatic rings. The number of aliphatic hydroxyl groups is 1. The van der Waals surface area contributed by atoms with Crippen molar-refractivity contribution in [2.24, 2.45) is 0 Å². The minimum Gasteiger partial charge on any atom is -0.389 e. The Hall–Kier alpha value is -0.160. The molecule has 0 bridgehead atoms. The zero-order valence-electron chi connectivity index (χ0n) is 9.47. The van der Waals surface area contributed by atoms with Crippen LogP contribution in [0.5, 0.6) is 0 Å². The van der Waals surface area contributed by atoms with Gasteiger partial charge in [0.05, 0.1) is 11.8 Å². The quantitative estimate of drug-likeness (QED) is 0.860. The highest BCUT2D eigenvalue weighted by atomic mass is 35.5. The molecule has 0 unspecified atom stereocenters. The van der Waals surface area contributed by atoms with E-state index in [2.05, 4.69) is 10.3 Å². The summed E-state index contributed by atoms with van der Waals surface area (Å²) in [7, 11) is 0. The fourth-order valence-electron chi connectivity index (χ4n) is 0.883. The summed E-state index contributed by atoms with van der Waals surface area (Å²) >= 11 is 7.23. The molecule has 0 saturated carbocycles. The summed E-state index contributed by atoms with van der Waals surface area (Å²) in [4.78, 5) is 4.14. The molecular formula is C10H17ClN2OS. The van der Waals surface area contributed by atoms with E-state index in [1.165, 1.54) is 11.3 Å². The number of thiazole rings is 1. The van der Waals surface area contributed by atoms with Crippen LogP contribution in [-0.2, 0) is 6.54 Å². The monoisotopic (exact) mass is 248 g/mol. The van der Waals surface area contributed by atoms with Crippen molar-refractivity contribution in [1.29, 1.82) is 0 Å². The number of aromatic nitrogens is 1. The lowest BCUT2D eigenvalue weighted by Gasteiger charge is -2.38. The van der Waals surface area contributed by atoms with Crippen molar-refractivity contribution in [2.75, 3.05) is 0 Å². The molecule has 0 aliphatic heterocycles. The predicted octanol–water partition coefficient (Wildman–Crippen LogP) is 2.44. The Kier molecular flexibility index (Phi) is 3.76. The Morgan fingerprint density at radius 1 is 1.47 bits per heavy atom. The SMILES string of the molecule is CC(C)(O)C(C)(C)NCc1ncc(Cl)s1. The number of rotatable bonds is 4. The molecular weight excluding hydrogens is 232 g/mol. The van der Waals surface area contributed by atoms with Gasteiger partial charge in [0, 0.05) is 12.1 Å². The van der Waals surface area contributed by atoms with Crippen LogP contribution in [0.2, 0.25) is 4.34 Å². The largest absolute Gasteiger partial charge is 0.389 e. The molecule has 3 nitrogen and oxygen atoms in total. The smallest absolute Gasteiger partial charge is 0.113 e. The number of halogens is 1. The molecule has 0 fully saturated rings. The maximum Gasteiger partial charge on any atom is 0.113 e. The second kappa shape index (κ2) is 4.37. The van der Waals surface area contributed by atoms with Crippen LogP contribution < -0.4 is 5.32 Å². The van der Waals surface area contributed by atoms with Gasteiger partial charge in [0.15, 0.2) is 0 Å². The van der Waals surface area contributed by atoms with Crippen molar-refractivity contribution < 1.29 is 5.11 Å². The van der Waals surface area contributed by atoms with Gasteiger partial charge in [-0.15, -0.1) is 11.3 Å². The van der Waals surface area contributed by atoms with E-state index in [0.29, 0.717) is 10.9 Å². The van der Waals surface area contributed by atoms with Crippen molar-refractivity contribution in [3.05, 3.63) is 15.5 Å². The number of hydrogen-bond acceptors (Lipinski definition) is 4. The molecule has 86 valence electrons. The Bertz CT molecular complexity index is 330. The van der Waals surface area contributed by atoms with Crippen molar-refractivity contribution in [3.63, 3.8) is 0 Å². The summed E-state index contributed by atoms with van der Waals surface area (Å²) in [5.41, 5.74) is -1.15. The summed E-state index contributed by atoms with van der Waals surface area (Å²) in [6.07, 6.45) is 1.64. The molecule has 0 radical (unpaired) electrons. The van der Waals surface area contributed by atoms with Gasteiger partial charge in [0.25, 0.3) is 0 Å². The van der Waals surface area contributed by atoms with E-state index in [0.717, 1.165) is 5.01 Å². The van der Waals surface area contributed by atoms with Gasteiger partial charge in [-0.3, -0.25) is 0 Å². The van der Waals surface area contributed by atoms with Crippen molar-refractivity contribution >= 4 is 22.9 Å². The molecule has 2 N–H and O–H groups in total. The van der Waals surface area contributed by atoms with Crippen LogP contribution >= 0.6 is 22.9 Å². The lowest BCUT2D eigenvalue weighted by molar-refractivity contribution is -0.00532. The molecule has 0 aliphatic carbocycles. The maximum absolute atomic E-state index is 9.92. The first-order valence-corrected chi connectivity index (χ1v) is 5.99. The van der Waals surface area contributed by atoms with Crippen LogP contribution in [0.1, 0.15) is 32.7 Å². The van der Waals surface area contributed by atoms with E-state index in [9.17, 15) is 5.11 Å². The number of nitrogens with one attached hydrogen (secondary N) is 1. The molecule has 1 aromatic heterocycles. The van der Waals surface area contributed by atoms with Gasteiger partial charge in [0.1, 0.15) is 9.34 Å². The minimum atomic E-state index is -0.784. The van der Waals surface area contributed by atoms with Gasteiger partial charge in [-0.2, -0.15) is 0 Å². The molecule has 0 amide bonds. The minimum absolute atomic E-state index is 0.370. The van der Waals surface area contributed by atoms with E-state index in [1.807, 2.05) is 13.8 Å². The highest BCUT2D eigenvalue weighted by Gasteiger charge is 2.34. The van der Waals surface area contributed by atoms with Gasteiger partial charge >= 0.3 is 0 Å². The standard InChI is InChI=1S/C10H17ClN2OS/c1-9(2,10(3,4)14)13-6-8-12-5-7(11)15-8/h5,13-14H,6H2,1-4H3. The highest BCUT2D eigenvalue weighted by molar-refractivity contribution is 7.15. The Morgan fingerprint density at radius 3 is 2.47 bits per heavy atom. The third kappa shape index (κ3) is 3.41. The predicted molar refractivity (Wildman–Crippen MR) is 64.3 cm³/mol. The summed E-state index contributed by atoms with van der Waals surface area (Å²) in [6, 6.07) is 0. The van der Waals surface area contributed by atoms with Gasteiger partial charge < -0.3 is 10.4 Å².